The van der Waals surface area contributed by atoms with Gasteiger partial charge in [-0.15, -0.1) is 0 Å². The summed E-state index contributed by atoms with van der Waals surface area (Å²) in [6.45, 7) is 5.22. The maximum absolute atomic E-state index is 14.0. The topological polar surface area (TPSA) is 12.0 Å². The Morgan fingerprint density at radius 2 is 2.19 bits per heavy atom. The van der Waals surface area contributed by atoms with Gasteiger partial charge in [-0.3, -0.25) is 0 Å². The Labute approximate surface area is 101 Å². The molecule has 0 amide bonds. The van der Waals surface area contributed by atoms with Crippen molar-refractivity contribution in [3.63, 3.8) is 0 Å². The summed E-state index contributed by atoms with van der Waals surface area (Å²) >= 11 is 5.79. The molecular weight excluding hydrogens is 225 g/mol. The Kier molecular flexibility index (Phi) is 3.22. The van der Waals surface area contributed by atoms with E-state index in [2.05, 4.69) is 19.2 Å². The van der Waals surface area contributed by atoms with Gasteiger partial charge in [0.05, 0.1) is 0 Å². The lowest BCUT2D eigenvalue weighted by atomic mass is 9.78. The van der Waals surface area contributed by atoms with Crippen molar-refractivity contribution in [1.29, 1.82) is 0 Å². The first-order chi connectivity index (χ1) is 7.56. The largest absolute Gasteiger partial charge is 0.307 e. The second-order valence-electron chi connectivity index (χ2n) is 4.78. The molecule has 0 radical (unpaired) electrons. The SMILES string of the molecule is CC(C)C1(c2ccc(Cl)cc2F)CCCN1. The first-order valence-electron chi connectivity index (χ1n) is 5.77. The van der Waals surface area contributed by atoms with Gasteiger partial charge >= 0.3 is 0 Å². The fourth-order valence-electron chi connectivity index (χ4n) is 2.65. The zero-order valence-electron chi connectivity index (χ0n) is 9.69. The summed E-state index contributed by atoms with van der Waals surface area (Å²) in [6, 6.07) is 4.99. The molecule has 0 saturated carbocycles. The molecule has 1 unspecified atom stereocenters. The van der Waals surface area contributed by atoms with Crippen LogP contribution in [0.15, 0.2) is 18.2 Å². The molecule has 2 rings (SSSR count). The van der Waals surface area contributed by atoms with Gasteiger partial charge in [-0.2, -0.15) is 0 Å². The van der Waals surface area contributed by atoms with E-state index >= 15 is 0 Å². The molecule has 3 heteroatoms. The Bertz CT molecular complexity index is 384. The number of benzene rings is 1. The van der Waals surface area contributed by atoms with E-state index in [1.54, 1.807) is 6.07 Å². The van der Waals surface area contributed by atoms with Gasteiger partial charge in [0.2, 0.25) is 0 Å². The van der Waals surface area contributed by atoms with Crippen LogP contribution in [0.4, 0.5) is 4.39 Å². The summed E-state index contributed by atoms with van der Waals surface area (Å²) in [4.78, 5) is 0. The molecule has 1 nitrogen and oxygen atoms in total. The van der Waals surface area contributed by atoms with Crippen molar-refractivity contribution in [3.05, 3.63) is 34.6 Å². The molecule has 0 bridgehead atoms. The molecule has 0 aromatic heterocycles. The highest BCUT2D eigenvalue weighted by atomic mass is 35.5. The molecule has 16 heavy (non-hydrogen) atoms. The third-order valence-corrected chi connectivity index (χ3v) is 3.82. The number of rotatable bonds is 2. The average Bonchev–Trinajstić information content (AvgIpc) is 2.67. The summed E-state index contributed by atoms with van der Waals surface area (Å²) in [5, 5.41) is 3.92. The van der Waals surface area contributed by atoms with E-state index in [1.165, 1.54) is 6.07 Å². The maximum Gasteiger partial charge on any atom is 0.129 e. The summed E-state index contributed by atoms with van der Waals surface area (Å²) in [7, 11) is 0. The van der Waals surface area contributed by atoms with Crippen molar-refractivity contribution < 1.29 is 4.39 Å². The van der Waals surface area contributed by atoms with Crippen LogP contribution in [0.25, 0.3) is 0 Å². The van der Waals surface area contributed by atoms with Crippen LogP contribution in [0, 0.1) is 11.7 Å². The van der Waals surface area contributed by atoms with Crippen LogP contribution in [-0.2, 0) is 5.54 Å². The Balaban J connectivity index is 2.47. The molecule has 1 aliphatic rings. The predicted octanol–water partition coefficient (Wildman–Crippen LogP) is 3.71. The van der Waals surface area contributed by atoms with E-state index in [-0.39, 0.29) is 11.4 Å². The molecule has 1 saturated heterocycles. The minimum atomic E-state index is -0.214. The van der Waals surface area contributed by atoms with Crippen molar-refractivity contribution in [2.24, 2.45) is 5.92 Å². The van der Waals surface area contributed by atoms with Gasteiger partial charge in [0.1, 0.15) is 5.82 Å². The van der Waals surface area contributed by atoms with Crippen LogP contribution in [0.5, 0.6) is 0 Å². The molecule has 1 aromatic carbocycles. The van der Waals surface area contributed by atoms with Crippen molar-refractivity contribution in [2.45, 2.75) is 32.2 Å². The average molecular weight is 242 g/mol. The highest BCUT2D eigenvalue weighted by Gasteiger charge is 2.39. The Morgan fingerprint density at radius 1 is 1.44 bits per heavy atom. The molecule has 0 spiro atoms. The predicted molar refractivity (Wildman–Crippen MR) is 65.2 cm³/mol. The smallest absolute Gasteiger partial charge is 0.129 e. The number of hydrogen-bond donors (Lipinski definition) is 1. The molecule has 1 N–H and O–H groups in total. The highest BCUT2D eigenvalue weighted by molar-refractivity contribution is 6.30. The van der Waals surface area contributed by atoms with Gasteiger partial charge in [0.25, 0.3) is 0 Å². The van der Waals surface area contributed by atoms with E-state index in [0.29, 0.717) is 10.9 Å². The number of nitrogens with one attached hydrogen (secondary N) is 1. The fraction of sp³-hybridized carbons (Fsp3) is 0.538. The molecule has 1 heterocycles. The molecular formula is C13H17ClFN. The van der Waals surface area contributed by atoms with Crippen LogP contribution in [-0.4, -0.2) is 6.54 Å². The lowest BCUT2D eigenvalue weighted by Crippen LogP contribution is -2.42. The van der Waals surface area contributed by atoms with Crippen molar-refractivity contribution in [2.75, 3.05) is 6.54 Å². The first kappa shape index (κ1) is 11.9. The van der Waals surface area contributed by atoms with Crippen molar-refractivity contribution in [1.82, 2.24) is 5.32 Å². The molecule has 1 aromatic rings. The van der Waals surface area contributed by atoms with Crippen LogP contribution in [0.2, 0.25) is 5.02 Å². The molecule has 88 valence electrons. The second kappa shape index (κ2) is 4.34. The minimum absolute atomic E-state index is 0.199. The lowest BCUT2D eigenvalue weighted by Gasteiger charge is -2.34. The van der Waals surface area contributed by atoms with Crippen LogP contribution in [0.3, 0.4) is 0 Å². The van der Waals surface area contributed by atoms with Crippen molar-refractivity contribution in [3.8, 4) is 0 Å². The first-order valence-corrected chi connectivity index (χ1v) is 6.14. The Hall–Kier alpha value is -0.600. The lowest BCUT2D eigenvalue weighted by molar-refractivity contribution is 0.267. The maximum atomic E-state index is 14.0. The van der Waals surface area contributed by atoms with Gasteiger partial charge in [-0.05, 0) is 37.4 Å². The minimum Gasteiger partial charge on any atom is -0.307 e. The third kappa shape index (κ3) is 1.85. The zero-order chi connectivity index (χ0) is 11.8. The van der Waals surface area contributed by atoms with E-state index in [0.717, 1.165) is 24.9 Å². The van der Waals surface area contributed by atoms with E-state index < -0.39 is 0 Å². The van der Waals surface area contributed by atoms with Gasteiger partial charge in [0, 0.05) is 16.1 Å². The zero-order valence-corrected chi connectivity index (χ0v) is 10.4. The number of halogens is 2. The van der Waals surface area contributed by atoms with Gasteiger partial charge in [-0.1, -0.05) is 31.5 Å². The van der Waals surface area contributed by atoms with Gasteiger partial charge in [0.15, 0.2) is 0 Å². The van der Waals surface area contributed by atoms with E-state index in [1.807, 2.05) is 6.07 Å². The van der Waals surface area contributed by atoms with Crippen molar-refractivity contribution >= 4 is 11.6 Å². The number of hydrogen-bond acceptors (Lipinski definition) is 1. The highest BCUT2D eigenvalue weighted by Crippen LogP contribution is 2.39. The Morgan fingerprint density at radius 3 is 2.69 bits per heavy atom. The molecule has 1 atom stereocenters. The molecule has 1 aliphatic heterocycles. The van der Waals surface area contributed by atoms with Gasteiger partial charge < -0.3 is 5.32 Å². The quantitative estimate of drug-likeness (QED) is 0.832. The second-order valence-corrected chi connectivity index (χ2v) is 5.22. The van der Waals surface area contributed by atoms with Gasteiger partial charge in [-0.25, -0.2) is 4.39 Å². The van der Waals surface area contributed by atoms with E-state index in [4.69, 9.17) is 11.6 Å². The summed E-state index contributed by atoms with van der Waals surface area (Å²) in [6.07, 6.45) is 2.09. The summed E-state index contributed by atoms with van der Waals surface area (Å²) in [5.74, 6) is 0.168. The molecule has 1 fully saturated rings. The third-order valence-electron chi connectivity index (χ3n) is 3.59. The van der Waals surface area contributed by atoms with Crippen LogP contribution in [0.1, 0.15) is 32.3 Å². The molecule has 0 aliphatic carbocycles. The summed E-state index contributed by atoms with van der Waals surface area (Å²) in [5.41, 5.74) is 0.540. The monoisotopic (exact) mass is 241 g/mol. The standard InChI is InChI=1S/C13H17ClFN/c1-9(2)13(6-3-7-16-13)11-5-4-10(14)8-12(11)15/h4-5,8-9,16H,3,6-7H2,1-2H3. The van der Waals surface area contributed by atoms with Crippen LogP contribution >= 0.6 is 11.6 Å². The van der Waals surface area contributed by atoms with E-state index in [9.17, 15) is 4.39 Å². The summed E-state index contributed by atoms with van der Waals surface area (Å²) < 4.78 is 14.0. The fourth-order valence-corrected chi connectivity index (χ4v) is 2.81. The normalized spacial score (nSPS) is 25.3. The van der Waals surface area contributed by atoms with Crippen LogP contribution < -0.4 is 5.32 Å².